The summed E-state index contributed by atoms with van der Waals surface area (Å²) in [5.41, 5.74) is 2.62. The lowest BCUT2D eigenvalue weighted by Crippen LogP contribution is -2.45. The molecule has 1 N–H and O–H groups in total. The van der Waals surface area contributed by atoms with E-state index in [4.69, 9.17) is 4.98 Å². The first-order chi connectivity index (χ1) is 12.7. The minimum Gasteiger partial charge on any atom is -0.356 e. The molecular weight excluding hydrogens is 344 g/mol. The van der Waals surface area contributed by atoms with E-state index in [0.717, 1.165) is 55.3 Å². The second-order valence-corrected chi connectivity index (χ2v) is 8.34. The fraction of sp³-hybridized carbons (Fsp3) is 0.550. The van der Waals surface area contributed by atoms with E-state index in [0.29, 0.717) is 6.42 Å². The van der Waals surface area contributed by atoms with Gasteiger partial charge < -0.3 is 10.2 Å². The standard InChI is InChI=1S/C20H26N4OS/c1-14-21-18-7-3-2-6-17(18)20(22-14)24-10-8-15(9-11-24)23-19(25)13-16-5-4-12-26-16/h4-5,12,15H,2-3,6-11,13H2,1H3,(H,23,25). The van der Waals surface area contributed by atoms with E-state index in [2.05, 4.69) is 15.2 Å². The first-order valence-corrected chi connectivity index (χ1v) is 10.5. The molecule has 6 heteroatoms. The Morgan fingerprint density at radius 1 is 1.27 bits per heavy atom. The highest BCUT2D eigenvalue weighted by atomic mass is 32.1. The lowest BCUT2D eigenvalue weighted by atomic mass is 9.95. The molecule has 0 radical (unpaired) electrons. The Kier molecular flexibility index (Phi) is 5.20. The number of nitrogens with zero attached hydrogens (tertiary/aromatic N) is 3. The summed E-state index contributed by atoms with van der Waals surface area (Å²) in [6.45, 7) is 3.90. The fourth-order valence-corrected chi connectivity index (χ4v) is 4.75. The van der Waals surface area contributed by atoms with Crippen molar-refractivity contribution in [3.05, 3.63) is 39.5 Å². The first kappa shape index (κ1) is 17.5. The molecule has 2 aromatic heterocycles. The number of aryl methyl sites for hydroxylation is 2. The molecule has 138 valence electrons. The largest absolute Gasteiger partial charge is 0.356 e. The first-order valence-electron chi connectivity index (χ1n) is 9.62. The molecule has 1 fully saturated rings. The van der Waals surface area contributed by atoms with Gasteiger partial charge in [0, 0.05) is 35.3 Å². The maximum atomic E-state index is 12.2. The van der Waals surface area contributed by atoms with Gasteiger partial charge in [-0.25, -0.2) is 9.97 Å². The Balaban J connectivity index is 1.36. The Morgan fingerprint density at radius 3 is 2.85 bits per heavy atom. The van der Waals surface area contributed by atoms with Crippen LogP contribution in [0.3, 0.4) is 0 Å². The van der Waals surface area contributed by atoms with Crippen LogP contribution in [-0.4, -0.2) is 35.0 Å². The highest BCUT2D eigenvalue weighted by molar-refractivity contribution is 7.10. The summed E-state index contributed by atoms with van der Waals surface area (Å²) < 4.78 is 0. The van der Waals surface area contributed by atoms with E-state index in [1.54, 1.807) is 11.3 Å². The van der Waals surface area contributed by atoms with Crippen LogP contribution in [0.25, 0.3) is 0 Å². The van der Waals surface area contributed by atoms with Crippen LogP contribution < -0.4 is 10.2 Å². The van der Waals surface area contributed by atoms with E-state index in [1.165, 1.54) is 24.1 Å². The number of hydrogen-bond acceptors (Lipinski definition) is 5. The maximum absolute atomic E-state index is 12.2. The van der Waals surface area contributed by atoms with Gasteiger partial charge >= 0.3 is 0 Å². The summed E-state index contributed by atoms with van der Waals surface area (Å²) in [6.07, 6.45) is 7.12. The third-order valence-corrected chi connectivity index (χ3v) is 6.22. The molecule has 2 aromatic rings. The average Bonchev–Trinajstić information content (AvgIpc) is 3.14. The van der Waals surface area contributed by atoms with Crippen molar-refractivity contribution in [1.82, 2.24) is 15.3 Å². The van der Waals surface area contributed by atoms with Gasteiger partial charge in [-0.2, -0.15) is 0 Å². The van der Waals surface area contributed by atoms with Gasteiger partial charge in [-0.1, -0.05) is 6.07 Å². The van der Waals surface area contributed by atoms with Crippen molar-refractivity contribution < 1.29 is 4.79 Å². The number of hydrogen-bond donors (Lipinski definition) is 1. The lowest BCUT2D eigenvalue weighted by molar-refractivity contribution is -0.121. The number of carbonyl (C=O) groups excluding carboxylic acids is 1. The van der Waals surface area contributed by atoms with Gasteiger partial charge in [0.25, 0.3) is 0 Å². The quantitative estimate of drug-likeness (QED) is 0.899. The second kappa shape index (κ2) is 7.74. The number of thiophene rings is 1. The molecule has 0 bridgehead atoms. The van der Waals surface area contributed by atoms with Crippen molar-refractivity contribution in [2.24, 2.45) is 0 Å². The van der Waals surface area contributed by atoms with E-state index in [1.807, 2.05) is 24.4 Å². The average molecular weight is 371 g/mol. The van der Waals surface area contributed by atoms with Crippen molar-refractivity contribution in [3.63, 3.8) is 0 Å². The molecule has 1 aliphatic carbocycles. The number of rotatable bonds is 4. The van der Waals surface area contributed by atoms with Gasteiger partial charge in [-0.15, -0.1) is 11.3 Å². The minimum absolute atomic E-state index is 0.140. The molecule has 0 aromatic carbocycles. The molecule has 26 heavy (non-hydrogen) atoms. The number of fused-ring (bicyclic) bond motifs is 1. The molecule has 0 spiro atoms. The van der Waals surface area contributed by atoms with E-state index < -0.39 is 0 Å². The number of piperidine rings is 1. The van der Waals surface area contributed by atoms with Gasteiger partial charge in [0.1, 0.15) is 11.6 Å². The Labute approximate surface area is 158 Å². The molecule has 2 aliphatic rings. The van der Waals surface area contributed by atoms with Crippen LogP contribution in [0.5, 0.6) is 0 Å². The molecule has 0 unspecified atom stereocenters. The van der Waals surface area contributed by atoms with Gasteiger partial charge in [0.2, 0.25) is 5.91 Å². The van der Waals surface area contributed by atoms with Crippen molar-refractivity contribution in [1.29, 1.82) is 0 Å². The summed E-state index contributed by atoms with van der Waals surface area (Å²) >= 11 is 1.64. The lowest BCUT2D eigenvalue weighted by Gasteiger charge is -2.35. The van der Waals surface area contributed by atoms with Crippen molar-refractivity contribution in [3.8, 4) is 0 Å². The van der Waals surface area contributed by atoms with Gasteiger partial charge in [-0.05, 0) is 56.9 Å². The number of nitrogens with one attached hydrogen (secondary N) is 1. The van der Waals surface area contributed by atoms with E-state index >= 15 is 0 Å². The summed E-state index contributed by atoms with van der Waals surface area (Å²) in [7, 11) is 0. The highest BCUT2D eigenvalue weighted by Crippen LogP contribution is 2.29. The normalized spacial score (nSPS) is 17.8. The number of amides is 1. The second-order valence-electron chi connectivity index (χ2n) is 7.31. The fourth-order valence-electron chi connectivity index (χ4n) is 4.04. The molecule has 0 saturated carbocycles. The monoisotopic (exact) mass is 370 g/mol. The van der Waals surface area contributed by atoms with Crippen LogP contribution in [0.15, 0.2) is 17.5 Å². The van der Waals surface area contributed by atoms with Crippen LogP contribution in [0, 0.1) is 6.92 Å². The van der Waals surface area contributed by atoms with Crippen molar-refractivity contribution >= 4 is 23.1 Å². The highest BCUT2D eigenvalue weighted by Gasteiger charge is 2.26. The minimum atomic E-state index is 0.140. The predicted octanol–water partition coefficient (Wildman–Crippen LogP) is 3.05. The predicted molar refractivity (Wildman–Crippen MR) is 105 cm³/mol. The summed E-state index contributed by atoms with van der Waals surface area (Å²) in [6, 6.07) is 4.29. The maximum Gasteiger partial charge on any atom is 0.225 e. The van der Waals surface area contributed by atoms with Crippen LogP contribution in [-0.2, 0) is 24.1 Å². The molecule has 5 nitrogen and oxygen atoms in total. The molecule has 0 atom stereocenters. The summed E-state index contributed by atoms with van der Waals surface area (Å²) in [4.78, 5) is 25.2. The molecule has 3 heterocycles. The van der Waals surface area contributed by atoms with Gasteiger partial charge in [0.05, 0.1) is 6.42 Å². The molecule has 1 saturated heterocycles. The topological polar surface area (TPSA) is 58.1 Å². The van der Waals surface area contributed by atoms with Crippen LogP contribution in [0.2, 0.25) is 0 Å². The molecule has 1 aliphatic heterocycles. The van der Waals surface area contributed by atoms with Crippen LogP contribution in [0.4, 0.5) is 5.82 Å². The number of carbonyl (C=O) groups is 1. The zero-order chi connectivity index (χ0) is 17.9. The number of anilines is 1. The third-order valence-electron chi connectivity index (χ3n) is 5.35. The Morgan fingerprint density at radius 2 is 2.08 bits per heavy atom. The van der Waals surface area contributed by atoms with Crippen molar-refractivity contribution in [2.45, 2.75) is 57.9 Å². The number of aromatic nitrogens is 2. The van der Waals surface area contributed by atoms with Crippen LogP contribution in [0.1, 0.15) is 47.6 Å². The van der Waals surface area contributed by atoms with Crippen LogP contribution >= 0.6 is 11.3 Å². The van der Waals surface area contributed by atoms with E-state index in [-0.39, 0.29) is 11.9 Å². The molecular formula is C20H26N4OS. The third kappa shape index (κ3) is 3.90. The smallest absolute Gasteiger partial charge is 0.225 e. The molecule has 4 rings (SSSR count). The summed E-state index contributed by atoms with van der Waals surface area (Å²) in [5, 5.41) is 5.23. The zero-order valence-electron chi connectivity index (χ0n) is 15.3. The van der Waals surface area contributed by atoms with Crippen molar-refractivity contribution in [2.75, 3.05) is 18.0 Å². The van der Waals surface area contributed by atoms with Gasteiger partial charge in [-0.3, -0.25) is 4.79 Å². The zero-order valence-corrected chi connectivity index (χ0v) is 16.1. The molecule has 1 amide bonds. The Hall–Kier alpha value is -1.95. The van der Waals surface area contributed by atoms with E-state index in [9.17, 15) is 4.79 Å². The van der Waals surface area contributed by atoms with Gasteiger partial charge in [0.15, 0.2) is 0 Å². The summed E-state index contributed by atoms with van der Waals surface area (Å²) in [5.74, 6) is 2.17. The SMILES string of the molecule is Cc1nc2c(c(N3CCC(NC(=O)Cc4cccs4)CC3)n1)CCCC2. The Bertz CT molecular complexity index is 766.